The zero-order valence-electron chi connectivity index (χ0n) is 12.9. The number of rotatable bonds is 7. The molecule has 0 aliphatic rings. The van der Waals surface area contributed by atoms with Crippen LogP contribution in [0.25, 0.3) is 0 Å². The van der Waals surface area contributed by atoms with Gasteiger partial charge in [-0.05, 0) is 18.9 Å². The van der Waals surface area contributed by atoms with E-state index in [9.17, 15) is 4.79 Å². The van der Waals surface area contributed by atoms with E-state index in [4.69, 9.17) is 10.5 Å². The second kappa shape index (κ2) is 7.90. The van der Waals surface area contributed by atoms with Crippen molar-refractivity contribution in [2.45, 2.75) is 27.3 Å². The van der Waals surface area contributed by atoms with Crippen LogP contribution in [0.3, 0.4) is 0 Å². The van der Waals surface area contributed by atoms with Gasteiger partial charge in [-0.25, -0.2) is 0 Å². The summed E-state index contributed by atoms with van der Waals surface area (Å²) in [5.74, 6) is 1.05. The Balaban J connectivity index is 2.79. The molecule has 0 fully saturated rings. The van der Waals surface area contributed by atoms with Crippen molar-refractivity contribution >= 4 is 5.91 Å². The molecular formula is C16H26N2O2. The van der Waals surface area contributed by atoms with Gasteiger partial charge in [-0.3, -0.25) is 4.79 Å². The van der Waals surface area contributed by atoms with Gasteiger partial charge in [-0.1, -0.05) is 32.0 Å². The number of nitrogens with two attached hydrogens (primary N) is 1. The maximum absolute atomic E-state index is 12.4. The highest BCUT2D eigenvalue weighted by Gasteiger charge is 2.24. The van der Waals surface area contributed by atoms with Gasteiger partial charge in [0.25, 0.3) is 0 Å². The minimum atomic E-state index is -0.126. The quantitative estimate of drug-likeness (QED) is 0.832. The third kappa shape index (κ3) is 4.23. The molecular weight excluding hydrogens is 252 g/mol. The highest BCUT2D eigenvalue weighted by molar-refractivity contribution is 5.79. The first-order valence-electron chi connectivity index (χ1n) is 7.17. The van der Waals surface area contributed by atoms with E-state index in [0.717, 1.165) is 11.3 Å². The van der Waals surface area contributed by atoms with Crippen molar-refractivity contribution in [1.29, 1.82) is 0 Å². The molecule has 0 radical (unpaired) electrons. The summed E-state index contributed by atoms with van der Waals surface area (Å²) in [6.07, 6.45) is 0. The minimum Gasteiger partial charge on any atom is -0.494 e. The van der Waals surface area contributed by atoms with E-state index in [1.54, 1.807) is 4.90 Å². The van der Waals surface area contributed by atoms with Crippen LogP contribution in [0.5, 0.6) is 5.75 Å². The van der Waals surface area contributed by atoms with Crippen molar-refractivity contribution in [3.63, 3.8) is 0 Å². The van der Waals surface area contributed by atoms with Crippen LogP contribution in [0.2, 0.25) is 0 Å². The lowest BCUT2D eigenvalue weighted by Gasteiger charge is -2.26. The van der Waals surface area contributed by atoms with Crippen LogP contribution in [0.4, 0.5) is 0 Å². The standard InChI is InChI=1S/C16H26N2O2/c1-5-20-15-9-7-6-8-13(15)11-18(4)16(19)14(10-17)12(2)3/h6-9,12,14H,5,10-11,17H2,1-4H3. The van der Waals surface area contributed by atoms with Crippen molar-refractivity contribution in [2.24, 2.45) is 17.6 Å². The summed E-state index contributed by atoms with van der Waals surface area (Å²) in [5, 5.41) is 0. The number of hydrogen-bond donors (Lipinski definition) is 1. The Hall–Kier alpha value is -1.55. The molecule has 1 unspecified atom stereocenters. The van der Waals surface area contributed by atoms with Crippen molar-refractivity contribution < 1.29 is 9.53 Å². The van der Waals surface area contributed by atoms with Gasteiger partial charge in [-0.15, -0.1) is 0 Å². The molecule has 1 atom stereocenters. The second-order valence-corrected chi connectivity index (χ2v) is 5.32. The number of benzene rings is 1. The molecule has 1 rings (SSSR count). The molecule has 1 aromatic rings. The molecule has 4 heteroatoms. The summed E-state index contributed by atoms with van der Waals surface area (Å²) in [6, 6.07) is 7.81. The summed E-state index contributed by atoms with van der Waals surface area (Å²) in [4.78, 5) is 14.1. The van der Waals surface area contributed by atoms with Crippen LogP contribution in [0, 0.1) is 11.8 Å². The van der Waals surface area contributed by atoms with Crippen molar-refractivity contribution in [3.8, 4) is 5.75 Å². The molecule has 1 amide bonds. The molecule has 0 aliphatic heterocycles. The Bertz CT molecular complexity index is 432. The number of para-hydroxylation sites is 1. The van der Waals surface area contributed by atoms with E-state index >= 15 is 0 Å². The van der Waals surface area contributed by atoms with Crippen LogP contribution < -0.4 is 10.5 Å². The lowest BCUT2D eigenvalue weighted by molar-refractivity contribution is -0.135. The maximum atomic E-state index is 12.4. The van der Waals surface area contributed by atoms with Crippen molar-refractivity contribution in [3.05, 3.63) is 29.8 Å². The van der Waals surface area contributed by atoms with E-state index in [1.165, 1.54) is 0 Å². The summed E-state index contributed by atoms with van der Waals surface area (Å²) in [5.41, 5.74) is 6.73. The van der Waals surface area contributed by atoms with Crippen LogP contribution in [0.1, 0.15) is 26.3 Å². The van der Waals surface area contributed by atoms with E-state index in [1.807, 2.05) is 52.1 Å². The highest BCUT2D eigenvalue weighted by Crippen LogP contribution is 2.21. The Morgan fingerprint density at radius 3 is 2.55 bits per heavy atom. The molecule has 0 bridgehead atoms. The van der Waals surface area contributed by atoms with Gasteiger partial charge in [0.2, 0.25) is 5.91 Å². The van der Waals surface area contributed by atoms with Crippen LogP contribution in [-0.4, -0.2) is 31.0 Å². The SMILES string of the molecule is CCOc1ccccc1CN(C)C(=O)C(CN)C(C)C. The summed E-state index contributed by atoms with van der Waals surface area (Å²) < 4.78 is 5.59. The maximum Gasteiger partial charge on any atom is 0.227 e. The first-order valence-corrected chi connectivity index (χ1v) is 7.17. The largest absolute Gasteiger partial charge is 0.494 e. The first-order chi connectivity index (χ1) is 9.51. The fourth-order valence-corrected chi connectivity index (χ4v) is 2.21. The molecule has 0 aliphatic carbocycles. The third-order valence-electron chi connectivity index (χ3n) is 3.43. The summed E-state index contributed by atoms with van der Waals surface area (Å²) in [7, 11) is 1.82. The Morgan fingerprint density at radius 1 is 1.35 bits per heavy atom. The van der Waals surface area contributed by atoms with Gasteiger partial charge in [0, 0.05) is 25.7 Å². The number of hydrogen-bond acceptors (Lipinski definition) is 3. The Morgan fingerprint density at radius 2 is 2.00 bits per heavy atom. The van der Waals surface area contributed by atoms with Gasteiger partial charge in [-0.2, -0.15) is 0 Å². The second-order valence-electron chi connectivity index (χ2n) is 5.32. The zero-order valence-corrected chi connectivity index (χ0v) is 12.9. The van der Waals surface area contributed by atoms with Gasteiger partial charge in [0.05, 0.1) is 12.5 Å². The fourth-order valence-electron chi connectivity index (χ4n) is 2.21. The third-order valence-corrected chi connectivity index (χ3v) is 3.43. The fraction of sp³-hybridized carbons (Fsp3) is 0.562. The molecule has 4 nitrogen and oxygen atoms in total. The minimum absolute atomic E-state index is 0.0915. The van der Waals surface area contributed by atoms with Crippen LogP contribution >= 0.6 is 0 Å². The smallest absolute Gasteiger partial charge is 0.227 e. The predicted octanol–water partition coefficient (Wildman–Crippen LogP) is 2.27. The normalized spacial score (nSPS) is 12.3. The van der Waals surface area contributed by atoms with Crippen LogP contribution in [-0.2, 0) is 11.3 Å². The predicted molar refractivity (Wildman–Crippen MR) is 81.5 cm³/mol. The number of amides is 1. The van der Waals surface area contributed by atoms with Crippen LogP contribution in [0.15, 0.2) is 24.3 Å². The van der Waals surface area contributed by atoms with Gasteiger partial charge >= 0.3 is 0 Å². The van der Waals surface area contributed by atoms with Gasteiger partial charge in [0.15, 0.2) is 0 Å². The van der Waals surface area contributed by atoms with Gasteiger partial charge < -0.3 is 15.4 Å². The highest BCUT2D eigenvalue weighted by atomic mass is 16.5. The zero-order chi connectivity index (χ0) is 15.1. The first kappa shape index (κ1) is 16.5. The Kier molecular flexibility index (Phi) is 6.52. The van der Waals surface area contributed by atoms with Crippen molar-refractivity contribution in [2.75, 3.05) is 20.2 Å². The molecule has 0 aromatic heterocycles. The average molecular weight is 278 g/mol. The van der Waals surface area contributed by atoms with E-state index < -0.39 is 0 Å². The molecule has 112 valence electrons. The molecule has 0 saturated heterocycles. The molecule has 20 heavy (non-hydrogen) atoms. The summed E-state index contributed by atoms with van der Waals surface area (Å²) in [6.45, 7) is 7.54. The van der Waals surface area contributed by atoms with E-state index in [0.29, 0.717) is 19.7 Å². The molecule has 0 saturated carbocycles. The molecule has 0 heterocycles. The Labute approximate surface area is 121 Å². The number of carbonyl (C=O) groups excluding carboxylic acids is 1. The van der Waals surface area contributed by atoms with E-state index in [-0.39, 0.29) is 17.7 Å². The number of nitrogens with zero attached hydrogens (tertiary/aromatic N) is 1. The number of ether oxygens (including phenoxy) is 1. The average Bonchev–Trinajstić information content (AvgIpc) is 2.41. The number of carbonyl (C=O) groups is 1. The lowest BCUT2D eigenvalue weighted by Crippen LogP contribution is -2.38. The van der Waals surface area contributed by atoms with E-state index in [2.05, 4.69) is 0 Å². The van der Waals surface area contributed by atoms with Gasteiger partial charge in [0.1, 0.15) is 5.75 Å². The summed E-state index contributed by atoms with van der Waals surface area (Å²) >= 11 is 0. The molecule has 1 aromatic carbocycles. The molecule has 2 N–H and O–H groups in total. The monoisotopic (exact) mass is 278 g/mol. The topological polar surface area (TPSA) is 55.6 Å². The molecule has 0 spiro atoms. The lowest BCUT2D eigenvalue weighted by atomic mass is 9.94. The van der Waals surface area contributed by atoms with Crippen molar-refractivity contribution in [1.82, 2.24) is 4.90 Å².